The average molecular weight is 627 g/mol. The van der Waals surface area contributed by atoms with Gasteiger partial charge in [-0.2, -0.15) is 4.98 Å². The van der Waals surface area contributed by atoms with Crippen LogP contribution in [-0.4, -0.2) is 47.0 Å². The van der Waals surface area contributed by atoms with Gasteiger partial charge in [-0.25, -0.2) is 4.98 Å². The number of benzene rings is 3. The molecule has 6 N–H and O–H groups in total. The third-order valence-corrected chi connectivity index (χ3v) is 7.72. The van der Waals surface area contributed by atoms with Crippen LogP contribution in [-0.2, 0) is 11.3 Å². The summed E-state index contributed by atoms with van der Waals surface area (Å²) < 4.78 is 9.28. The lowest BCUT2D eigenvalue weighted by Crippen LogP contribution is -2.29. The Morgan fingerprint density at radius 3 is 2.64 bits per heavy atom. The van der Waals surface area contributed by atoms with E-state index in [1.807, 2.05) is 42.5 Å². The van der Waals surface area contributed by atoms with E-state index >= 15 is 0 Å². The molecule has 0 unspecified atom stereocenters. The number of hydrogen-bond acceptors (Lipinski definition) is 10. The van der Waals surface area contributed by atoms with Crippen LogP contribution in [0.3, 0.4) is 0 Å². The molecule has 0 saturated heterocycles. The maximum atomic E-state index is 12.3. The van der Waals surface area contributed by atoms with Crippen LogP contribution in [0.15, 0.2) is 83.9 Å². The molecular formula is C33H38N8O3S. The molecule has 2 heterocycles. The molecule has 0 atom stereocenters. The lowest BCUT2D eigenvalue weighted by molar-refractivity contribution is -0.115. The summed E-state index contributed by atoms with van der Waals surface area (Å²) in [7, 11) is 0. The summed E-state index contributed by atoms with van der Waals surface area (Å²) in [6, 6.07) is 22.9. The Labute approximate surface area is 267 Å². The van der Waals surface area contributed by atoms with Crippen LogP contribution in [0.1, 0.15) is 43.1 Å². The van der Waals surface area contributed by atoms with E-state index in [0.29, 0.717) is 42.7 Å². The summed E-state index contributed by atoms with van der Waals surface area (Å²) in [6.45, 7) is 8.12. The van der Waals surface area contributed by atoms with E-state index in [9.17, 15) is 9.59 Å². The van der Waals surface area contributed by atoms with Crippen molar-refractivity contribution in [3.8, 4) is 5.75 Å². The van der Waals surface area contributed by atoms with Crippen molar-refractivity contribution >= 4 is 52.6 Å². The number of fused-ring (bicyclic) bond motifs is 1. The van der Waals surface area contributed by atoms with E-state index in [2.05, 4.69) is 74.2 Å². The van der Waals surface area contributed by atoms with Gasteiger partial charge in [0.2, 0.25) is 11.9 Å². The Morgan fingerprint density at radius 2 is 1.82 bits per heavy atom. The number of carbonyl (C=O) groups excluding carboxylic acids is 2. The predicted molar refractivity (Wildman–Crippen MR) is 179 cm³/mol. The van der Waals surface area contributed by atoms with Gasteiger partial charge in [0.05, 0.1) is 13.2 Å². The normalized spacial score (nSPS) is 12.3. The average Bonchev–Trinajstić information content (AvgIpc) is 3.40. The van der Waals surface area contributed by atoms with Gasteiger partial charge in [0, 0.05) is 51.4 Å². The minimum atomic E-state index is -0.158. The van der Waals surface area contributed by atoms with Crippen molar-refractivity contribution in [3.63, 3.8) is 0 Å². The highest BCUT2D eigenvalue weighted by Gasteiger charge is 2.21. The van der Waals surface area contributed by atoms with E-state index in [1.165, 1.54) is 0 Å². The number of nitrogens with zero attached hydrogens (tertiary/aromatic N) is 2. The molecule has 0 fully saturated rings. The summed E-state index contributed by atoms with van der Waals surface area (Å²) in [4.78, 5) is 34.2. The highest BCUT2D eigenvalue weighted by molar-refractivity contribution is 7.97. The second-order valence-corrected chi connectivity index (χ2v) is 12.3. The molecule has 1 aliphatic heterocycles. The molecule has 11 nitrogen and oxygen atoms in total. The molecular weight excluding hydrogens is 588 g/mol. The van der Waals surface area contributed by atoms with E-state index in [1.54, 1.807) is 36.3 Å². The van der Waals surface area contributed by atoms with Crippen molar-refractivity contribution < 1.29 is 14.3 Å². The van der Waals surface area contributed by atoms with Gasteiger partial charge in [0.15, 0.2) is 0 Å². The Bertz CT molecular complexity index is 1630. The molecule has 0 bridgehead atoms. The van der Waals surface area contributed by atoms with Crippen LogP contribution in [0.25, 0.3) is 0 Å². The van der Waals surface area contributed by atoms with Crippen molar-refractivity contribution in [3.05, 3.63) is 90.1 Å². The minimum Gasteiger partial charge on any atom is -0.494 e. The molecule has 0 aliphatic carbocycles. The maximum absolute atomic E-state index is 12.3. The lowest BCUT2D eigenvalue weighted by atomic mass is 10.1. The molecule has 5 rings (SSSR count). The zero-order valence-electron chi connectivity index (χ0n) is 25.6. The molecule has 2 amide bonds. The van der Waals surface area contributed by atoms with Crippen molar-refractivity contribution in [1.82, 2.24) is 25.3 Å². The second-order valence-electron chi connectivity index (χ2n) is 11.5. The number of nitrogens with one attached hydrogen (secondary N) is 6. The number of carbonyl (C=O) groups is 2. The molecule has 3 aromatic carbocycles. The Morgan fingerprint density at radius 1 is 1.00 bits per heavy atom. The molecule has 12 heteroatoms. The van der Waals surface area contributed by atoms with Crippen molar-refractivity contribution in [2.45, 2.75) is 44.2 Å². The van der Waals surface area contributed by atoms with E-state index in [-0.39, 0.29) is 23.9 Å². The van der Waals surface area contributed by atoms with Gasteiger partial charge in [0.25, 0.3) is 5.91 Å². The van der Waals surface area contributed by atoms with Gasteiger partial charge >= 0.3 is 0 Å². The first-order valence-electron chi connectivity index (χ1n) is 14.8. The van der Waals surface area contributed by atoms with Gasteiger partial charge < -0.3 is 31.3 Å². The number of hydrogen-bond donors (Lipinski definition) is 6. The quantitative estimate of drug-likeness (QED) is 0.0774. The maximum Gasteiger partial charge on any atom is 0.251 e. The number of aromatic nitrogens is 2. The van der Waals surface area contributed by atoms with Crippen LogP contribution in [0.4, 0.5) is 28.8 Å². The zero-order chi connectivity index (χ0) is 31.6. The monoisotopic (exact) mass is 626 g/mol. The first-order valence-corrected chi connectivity index (χ1v) is 15.6. The predicted octanol–water partition coefficient (Wildman–Crippen LogP) is 5.60. The van der Waals surface area contributed by atoms with Gasteiger partial charge in [0.1, 0.15) is 11.6 Å². The van der Waals surface area contributed by atoms with Crippen LogP contribution in [0.5, 0.6) is 5.75 Å². The molecule has 1 aliphatic rings. The second kappa shape index (κ2) is 14.9. The molecule has 0 spiro atoms. The smallest absolute Gasteiger partial charge is 0.251 e. The van der Waals surface area contributed by atoms with E-state index in [4.69, 9.17) is 4.74 Å². The summed E-state index contributed by atoms with van der Waals surface area (Å²) in [5, 5.41) is 15.4. The van der Waals surface area contributed by atoms with Gasteiger partial charge in [-0.3, -0.25) is 14.3 Å². The fourth-order valence-corrected chi connectivity index (χ4v) is 5.16. The van der Waals surface area contributed by atoms with Crippen molar-refractivity contribution in [2.75, 3.05) is 35.6 Å². The lowest BCUT2D eigenvalue weighted by Gasteiger charge is -2.19. The highest BCUT2D eigenvalue weighted by Crippen LogP contribution is 2.25. The van der Waals surface area contributed by atoms with Crippen molar-refractivity contribution in [2.24, 2.45) is 0 Å². The van der Waals surface area contributed by atoms with Crippen LogP contribution in [0, 0.1) is 0 Å². The van der Waals surface area contributed by atoms with Gasteiger partial charge in [-0.05, 0) is 106 Å². The first-order chi connectivity index (χ1) is 21.7. The Balaban J connectivity index is 1.01. The summed E-state index contributed by atoms with van der Waals surface area (Å²) in [5.74, 6) is 1.63. The number of anilines is 5. The van der Waals surface area contributed by atoms with E-state index < -0.39 is 0 Å². The molecule has 45 heavy (non-hydrogen) atoms. The third kappa shape index (κ3) is 9.67. The summed E-state index contributed by atoms with van der Waals surface area (Å²) >= 11 is 1.60. The summed E-state index contributed by atoms with van der Waals surface area (Å²) in [6.07, 6.45) is 2.44. The minimum absolute atomic E-state index is 0.0116. The fourth-order valence-electron chi connectivity index (χ4n) is 4.40. The molecule has 234 valence electrons. The first kappa shape index (κ1) is 31.8. The fraction of sp³-hybridized carbons (Fsp3) is 0.273. The number of ether oxygens (including phenoxy) is 1. The number of amides is 2. The van der Waals surface area contributed by atoms with Crippen LogP contribution >= 0.6 is 11.9 Å². The molecule has 1 aromatic heterocycles. The highest BCUT2D eigenvalue weighted by atomic mass is 32.2. The topological polar surface area (TPSA) is 141 Å². The molecule has 4 aromatic rings. The van der Waals surface area contributed by atoms with Gasteiger partial charge in [-0.15, -0.1) is 0 Å². The number of rotatable bonds is 14. The van der Waals surface area contributed by atoms with E-state index in [0.717, 1.165) is 34.0 Å². The molecule has 0 radical (unpaired) electrons. The van der Waals surface area contributed by atoms with Crippen LogP contribution in [0.2, 0.25) is 0 Å². The zero-order valence-corrected chi connectivity index (χ0v) is 26.4. The Hall–Kier alpha value is -4.65. The third-order valence-electron chi connectivity index (χ3n) is 6.52. The van der Waals surface area contributed by atoms with Crippen molar-refractivity contribution in [1.29, 1.82) is 0 Å². The SMILES string of the molecule is CC(C)(C)NSc1cccc(Nc2ccnc(Nc3ccc(OCCCNCC(=O)Nc4cccc5c4CNC5=O)cc3)n2)c1. The van der Waals surface area contributed by atoms with Crippen LogP contribution < -0.4 is 36.0 Å². The van der Waals surface area contributed by atoms with Gasteiger partial charge in [-0.1, -0.05) is 12.1 Å². The summed E-state index contributed by atoms with van der Waals surface area (Å²) in [5.41, 5.74) is 3.88. The molecule has 0 saturated carbocycles. The standard InChI is InChI=1S/C33H38N8O3S/c1-33(2,3)41-45-25-8-4-7-23(19-25)37-29-15-17-35-32(40-29)38-22-11-13-24(14-12-22)44-18-6-16-34-21-30(42)39-28-10-5-9-26-27(28)20-36-31(26)43/h4-5,7-15,17,19,34,41H,6,16,18,20-21H2,1-3H3,(H,36,43)(H,39,42)(H2,35,37,38,40). The Kier molecular flexibility index (Phi) is 10.5. The largest absolute Gasteiger partial charge is 0.494 e.